The van der Waals surface area contributed by atoms with E-state index in [9.17, 15) is 0 Å². The van der Waals surface area contributed by atoms with Gasteiger partial charge in [-0.15, -0.1) is 0 Å². The fourth-order valence-corrected chi connectivity index (χ4v) is 0. The van der Waals surface area contributed by atoms with Crippen LogP contribution in [0.1, 0.15) is 0 Å². The fourth-order valence-electron chi connectivity index (χ4n) is 0. The molecular formula is H8AlBiMgSc. The van der Waals surface area contributed by atoms with E-state index >= 15 is 0 Å². The van der Waals surface area contributed by atoms with Crippen molar-refractivity contribution in [3.05, 3.63) is 0 Å². The maximum absolute atomic E-state index is 0. The van der Waals surface area contributed by atoms with E-state index in [2.05, 4.69) is 0 Å². The van der Waals surface area contributed by atoms with Gasteiger partial charge in [0.15, 0.2) is 17.4 Å². The van der Waals surface area contributed by atoms with Gasteiger partial charge in [-0.2, -0.15) is 0 Å². The second kappa shape index (κ2) is 16.6. The summed E-state index contributed by atoms with van der Waals surface area (Å²) in [4.78, 5) is 0. The Labute approximate surface area is 90.7 Å². The van der Waals surface area contributed by atoms with Gasteiger partial charge in [0.05, 0.1) is 0 Å². The predicted molar refractivity (Wildman–Crippen MR) is 28.4 cm³/mol. The molecule has 0 N–H and O–H groups in total. The van der Waals surface area contributed by atoms with Crippen LogP contribution in [0.4, 0.5) is 0 Å². The van der Waals surface area contributed by atoms with Crippen LogP contribution in [0.2, 0.25) is 0 Å². The summed E-state index contributed by atoms with van der Waals surface area (Å²) >= 11 is 0. The molecule has 0 saturated carbocycles. The summed E-state index contributed by atoms with van der Waals surface area (Å²) in [6, 6.07) is 0. The van der Waals surface area contributed by atoms with Gasteiger partial charge in [-0.1, -0.05) is 0 Å². The number of hydrogen-bond donors (Lipinski definition) is 0. The van der Waals surface area contributed by atoms with Crippen molar-refractivity contribution in [2.24, 2.45) is 0 Å². The molecule has 0 spiro atoms. The first-order valence-electron chi connectivity index (χ1n) is 0. The van der Waals surface area contributed by atoms with Gasteiger partial charge in [0.1, 0.15) is 0 Å². The third-order valence-electron chi connectivity index (χ3n) is 0. The molecule has 0 aromatic heterocycles. The van der Waals surface area contributed by atoms with Crippen molar-refractivity contribution in [2.75, 3.05) is 0 Å². The van der Waals surface area contributed by atoms with Crippen molar-refractivity contribution in [1.82, 2.24) is 0 Å². The molecule has 0 rings (SSSR count). The van der Waals surface area contributed by atoms with E-state index in [1.165, 1.54) is 0 Å². The Hall–Kier alpha value is 3.05. The molecule has 4 heteroatoms. The van der Waals surface area contributed by atoms with Crippen molar-refractivity contribution >= 4 is 66.6 Å². The maximum atomic E-state index is 0. The first-order chi connectivity index (χ1) is 0. The maximum Gasteiger partial charge on any atom is 0.316 e. The van der Waals surface area contributed by atoms with E-state index in [0.717, 1.165) is 0 Å². The Balaban J connectivity index is 0. The summed E-state index contributed by atoms with van der Waals surface area (Å²) in [5, 5.41) is 0. The molecule has 0 amide bonds. The van der Waals surface area contributed by atoms with Crippen LogP contribution >= 0.6 is 0 Å². The Morgan fingerprint density at radius 2 is 1.00 bits per heavy atom. The molecule has 0 aromatic carbocycles. The zero-order valence-corrected chi connectivity index (χ0v) is 8.59. The molecule has 1 radical (unpaired) electrons. The monoisotopic (exact) mass is 313 g/mol. The van der Waals surface area contributed by atoms with Crippen LogP contribution in [0.15, 0.2) is 0 Å². The zero-order chi connectivity index (χ0) is 0. The van der Waals surface area contributed by atoms with Gasteiger partial charge in [-0.25, -0.2) is 0 Å². The van der Waals surface area contributed by atoms with Crippen LogP contribution in [0.5, 0.6) is 0 Å². The molecule has 0 aliphatic carbocycles. The number of rotatable bonds is 0. The molecule has 0 atom stereocenters. The Morgan fingerprint density at radius 3 is 1.00 bits per heavy atom. The van der Waals surface area contributed by atoms with Gasteiger partial charge in [0.2, 0.25) is 0 Å². The summed E-state index contributed by atoms with van der Waals surface area (Å²) in [7, 11) is 0. The van der Waals surface area contributed by atoms with Crippen LogP contribution in [0.3, 0.4) is 0 Å². The molecule has 21 valence electrons. The van der Waals surface area contributed by atoms with Crippen molar-refractivity contribution in [3.63, 3.8) is 0 Å². The van der Waals surface area contributed by atoms with Crippen molar-refractivity contribution < 1.29 is 25.8 Å². The van der Waals surface area contributed by atoms with Crippen LogP contribution in [0, 0.1) is 0 Å². The van der Waals surface area contributed by atoms with E-state index in [1.807, 2.05) is 0 Å². The molecule has 0 bridgehead atoms. The number of hydrogen-bond acceptors (Lipinski definition) is 0. The molecule has 0 nitrogen and oxygen atoms in total. The fraction of sp³-hybridized carbons (Fsp3) is 0. The standard InChI is InChI=1S/Al.Bi.Mg.Sc.8H. The molecule has 0 aliphatic heterocycles. The predicted octanol–water partition coefficient (Wildman–Crippen LogP) is -3.29. The zero-order valence-electron chi connectivity index (χ0n) is 1.28. The van der Waals surface area contributed by atoms with Gasteiger partial charge in [-0.3, -0.25) is 0 Å². The van der Waals surface area contributed by atoms with Gasteiger partial charge in [-0.05, 0) is 0 Å². The minimum absolute atomic E-state index is 0. The molecule has 0 fully saturated rings. The van der Waals surface area contributed by atoms with E-state index in [-0.39, 0.29) is 92.5 Å². The quantitative estimate of drug-likeness (QED) is 0.412. The van der Waals surface area contributed by atoms with Crippen molar-refractivity contribution in [2.45, 2.75) is 0 Å². The molecule has 0 aromatic rings. The summed E-state index contributed by atoms with van der Waals surface area (Å²) in [5.74, 6) is 0. The summed E-state index contributed by atoms with van der Waals surface area (Å²) in [6.07, 6.45) is 0. The van der Waals surface area contributed by atoms with Gasteiger partial charge in [0.25, 0.3) is 0 Å². The molecule has 0 aliphatic rings. The van der Waals surface area contributed by atoms with Gasteiger partial charge < -0.3 is 0 Å². The minimum atomic E-state index is 0. The second-order valence-electron chi connectivity index (χ2n) is 0. The average molecular weight is 313 g/mol. The third-order valence-corrected chi connectivity index (χ3v) is 0. The second-order valence-corrected chi connectivity index (χ2v) is 0. The first-order valence-corrected chi connectivity index (χ1v) is 0. The van der Waals surface area contributed by atoms with Crippen LogP contribution < -0.4 is 0 Å². The van der Waals surface area contributed by atoms with Crippen molar-refractivity contribution in [1.29, 1.82) is 0 Å². The van der Waals surface area contributed by atoms with Gasteiger partial charge >= 0.3 is 49.3 Å². The Kier molecular flexibility index (Phi) is 115. The summed E-state index contributed by atoms with van der Waals surface area (Å²) in [5.41, 5.74) is 0. The summed E-state index contributed by atoms with van der Waals surface area (Å²) in [6.45, 7) is 0. The van der Waals surface area contributed by atoms with E-state index in [1.54, 1.807) is 0 Å². The average Bonchev–Trinajstić information content (AvgIpc) is 0. The van der Waals surface area contributed by atoms with Crippen LogP contribution in [0.25, 0.3) is 0 Å². The smallest absolute Gasteiger partial charge is 0 e. The van der Waals surface area contributed by atoms with Crippen LogP contribution in [-0.4, -0.2) is 66.6 Å². The molecule has 0 saturated heterocycles. The largest absolute Gasteiger partial charge is 0.316 e. The van der Waals surface area contributed by atoms with Gasteiger partial charge in [0, 0.05) is 25.8 Å². The van der Waals surface area contributed by atoms with Crippen molar-refractivity contribution in [3.8, 4) is 0 Å². The SMILES string of the molecule is [AlH3].[BiH3].[MgH2].[Sc]. The summed E-state index contributed by atoms with van der Waals surface area (Å²) < 4.78 is 0. The molecular weight excluding hydrogens is 305 g/mol. The topological polar surface area (TPSA) is 0 Å². The Bertz CT molecular complexity index is 8.00. The molecule has 0 heterocycles. The first kappa shape index (κ1) is 27.7. The minimum Gasteiger partial charge on any atom is 0 e. The van der Waals surface area contributed by atoms with E-state index in [0.29, 0.717) is 0 Å². The Morgan fingerprint density at radius 1 is 1.00 bits per heavy atom. The van der Waals surface area contributed by atoms with E-state index < -0.39 is 0 Å². The third kappa shape index (κ3) is 8.90. The molecule has 4 heavy (non-hydrogen) atoms. The van der Waals surface area contributed by atoms with Crippen LogP contribution in [-0.2, 0) is 25.8 Å². The molecule has 0 unspecified atom stereocenters. The normalized spacial score (nSPS) is 0. The van der Waals surface area contributed by atoms with E-state index in [4.69, 9.17) is 0 Å².